The maximum atomic E-state index is 11.4. The summed E-state index contributed by atoms with van der Waals surface area (Å²) in [6.45, 7) is 8.35. The molecule has 1 atom stereocenters. The van der Waals surface area contributed by atoms with Crippen molar-refractivity contribution in [3.05, 3.63) is 37.7 Å². The SMILES string of the molecule is CC(Nc1cn[nH]c(=O)c1Cl)c1nc(C(C)(C)C)cs1. The van der Waals surface area contributed by atoms with Crippen molar-refractivity contribution in [1.29, 1.82) is 0 Å². The molecule has 7 heteroatoms. The number of halogens is 1. The van der Waals surface area contributed by atoms with E-state index in [9.17, 15) is 4.79 Å². The van der Waals surface area contributed by atoms with Crippen LogP contribution in [0.4, 0.5) is 5.69 Å². The largest absolute Gasteiger partial charge is 0.373 e. The number of hydrogen-bond acceptors (Lipinski definition) is 5. The van der Waals surface area contributed by atoms with Crippen LogP contribution in [0.1, 0.15) is 44.4 Å². The molecule has 2 N–H and O–H groups in total. The molecule has 0 spiro atoms. The van der Waals surface area contributed by atoms with Gasteiger partial charge in [0.1, 0.15) is 10.0 Å². The number of H-pyrrole nitrogens is 1. The normalized spacial score (nSPS) is 13.2. The molecule has 108 valence electrons. The van der Waals surface area contributed by atoms with E-state index in [1.807, 2.05) is 6.92 Å². The summed E-state index contributed by atoms with van der Waals surface area (Å²) >= 11 is 7.53. The smallest absolute Gasteiger partial charge is 0.285 e. The number of nitrogens with zero attached hydrogens (tertiary/aromatic N) is 2. The molecular weight excluding hydrogens is 296 g/mol. The lowest BCUT2D eigenvalue weighted by Gasteiger charge is -2.16. The highest BCUT2D eigenvalue weighted by molar-refractivity contribution is 7.09. The Morgan fingerprint density at radius 2 is 2.15 bits per heavy atom. The molecule has 0 saturated carbocycles. The van der Waals surface area contributed by atoms with E-state index in [1.165, 1.54) is 6.20 Å². The van der Waals surface area contributed by atoms with Crippen molar-refractivity contribution in [2.45, 2.75) is 39.2 Å². The Morgan fingerprint density at radius 1 is 1.45 bits per heavy atom. The molecule has 2 aromatic rings. The van der Waals surface area contributed by atoms with Crippen LogP contribution in [0.2, 0.25) is 5.02 Å². The first-order valence-corrected chi connectivity index (χ1v) is 7.50. The molecule has 2 heterocycles. The zero-order valence-corrected chi connectivity index (χ0v) is 13.4. The molecule has 0 aliphatic carbocycles. The van der Waals surface area contributed by atoms with Gasteiger partial charge in [0.05, 0.1) is 23.6 Å². The zero-order valence-electron chi connectivity index (χ0n) is 11.8. The lowest BCUT2D eigenvalue weighted by Crippen LogP contribution is -2.15. The van der Waals surface area contributed by atoms with Gasteiger partial charge in [-0.15, -0.1) is 11.3 Å². The molecule has 0 bridgehead atoms. The topological polar surface area (TPSA) is 70.7 Å². The van der Waals surface area contributed by atoms with E-state index in [-0.39, 0.29) is 16.5 Å². The number of anilines is 1. The third-order valence-electron chi connectivity index (χ3n) is 2.83. The molecule has 0 radical (unpaired) electrons. The molecule has 0 aromatic carbocycles. The fourth-order valence-corrected chi connectivity index (χ4v) is 2.81. The molecule has 0 amide bonds. The van der Waals surface area contributed by atoms with Crippen molar-refractivity contribution < 1.29 is 0 Å². The van der Waals surface area contributed by atoms with Gasteiger partial charge in [-0.25, -0.2) is 10.1 Å². The van der Waals surface area contributed by atoms with Gasteiger partial charge in [-0.3, -0.25) is 4.79 Å². The zero-order chi connectivity index (χ0) is 14.9. The standard InChI is InChI=1S/C13H17ClN4OS/c1-7(12-17-9(6-20-12)13(2,3)4)16-8-5-15-18-11(19)10(8)14/h5-7H,1-4H3,(H2,16,18,19). The van der Waals surface area contributed by atoms with Crippen LogP contribution >= 0.6 is 22.9 Å². The molecule has 0 fully saturated rings. The summed E-state index contributed by atoms with van der Waals surface area (Å²) in [6.07, 6.45) is 1.50. The van der Waals surface area contributed by atoms with Gasteiger partial charge < -0.3 is 5.32 Å². The van der Waals surface area contributed by atoms with E-state index in [0.29, 0.717) is 5.69 Å². The Morgan fingerprint density at radius 3 is 2.75 bits per heavy atom. The molecule has 2 aromatic heterocycles. The molecule has 0 aliphatic heterocycles. The summed E-state index contributed by atoms with van der Waals surface area (Å²) in [5.74, 6) is 0. The second-order valence-corrected chi connectivity index (χ2v) is 6.88. The summed E-state index contributed by atoms with van der Waals surface area (Å²) in [7, 11) is 0. The van der Waals surface area contributed by atoms with E-state index in [1.54, 1.807) is 11.3 Å². The summed E-state index contributed by atoms with van der Waals surface area (Å²) < 4.78 is 0. The first kappa shape index (κ1) is 15.0. The Hall–Kier alpha value is -1.40. The van der Waals surface area contributed by atoms with Crippen molar-refractivity contribution in [3.63, 3.8) is 0 Å². The Balaban J connectivity index is 2.20. The lowest BCUT2D eigenvalue weighted by molar-refractivity contribution is 0.569. The maximum absolute atomic E-state index is 11.4. The Kier molecular flexibility index (Phi) is 4.15. The van der Waals surface area contributed by atoms with Crippen LogP contribution in [0.5, 0.6) is 0 Å². The van der Waals surface area contributed by atoms with Crippen LogP contribution in [-0.2, 0) is 5.41 Å². The quantitative estimate of drug-likeness (QED) is 0.911. The van der Waals surface area contributed by atoms with Gasteiger partial charge >= 0.3 is 0 Å². The highest BCUT2D eigenvalue weighted by atomic mass is 35.5. The van der Waals surface area contributed by atoms with Crippen LogP contribution in [0, 0.1) is 0 Å². The lowest BCUT2D eigenvalue weighted by atomic mass is 9.93. The highest BCUT2D eigenvalue weighted by Crippen LogP contribution is 2.29. The molecule has 2 rings (SSSR count). The number of thiazole rings is 1. The average molecular weight is 313 g/mol. The van der Waals surface area contributed by atoms with Crippen molar-refractivity contribution >= 4 is 28.6 Å². The highest BCUT2D eigenvalue weighted by Gasteiger charge is 2.20. The summed E-state index contributed by atoms with van der Waals surface area (Å²) in [6, 6.07) is -0.0443. The summed E-state index contributed by atoms with van der Waals surface area (Å²) in [5.41, 5.74) is 1.19. The summed E-state index contributed by atoms with van der Waals surface area (Å²) in [4.78, 5) is 16.0. The molecule has 1 unspecified atom stereocenters. The number of aromatic nitrogens is 3. The number of hydrogen-bond donors (Lipinski definition) is 2. The van der Waals surface area contributed by atoms with Crippen molar-refractivity contribution in [3.8, 4) is 0 Å². The Labute approximate surface area is 126 Å². The van der Waals surface area contributed by atoms with E-state index in [0.717, 1.165) is 10.7 Å². The summed E-state index contributed by atoms with van der Waals surface area (Å²) in [5, 5.41) is 12.3. The fourth-order valence-electron chi connectivity index (χ4n) is 1.61. The van der Waals surface area contributed by atoms with Crippen LogP contribution < -0.4 is 10.9 Å². The first-order chi connectivity index (χ1) is 9.29. The number of aromatic amines is 1. The minimum atomic E-state index is -0.404. The monoisotopic (exact) mass is 312 g/mol. The predicted molar refractivity (Wildman–Crippen MR) is 82.7 cm³/mol. The third-order valence-corrected chi connectivity index (χ3v) is 4.23. The van der Waals surface area contributed by atoms with E-state index >= 15 is 0 Å². The van der Waals surface area contributed by atoms with Gasteiger partial charge in [-0.05, 0) is 6.92 Å². The van der Waals surface area contributed by atoms with Gasteiger partial charge in [-0.1, -0.05) is 32.4 Å². The molecule has 20 heavy (non-hydrogen) atoms. The van der Waals surface area contributed by atoms with E-state index < -0.39 is 5.56 Å². The third kappa shape index (κ3) is 3.19. The molecule has 0 saturated heterocycles. The van der Waals surface area contributed by atoms with Crippen molar-refractivity contribution in [2.24, 2.45) is 0 Å². The van der Waals surface area contributed by atoms with Crippen LogP contribution in [-0.4, -0.2) is 15.2 Å². The van der Waals surface area contributed by atoms with Gasteiger partial charge in [0.15, 0.2) is 0 Å². The van der Waals surface area contributed by atoms with Gasteiger partial charge in [0, 0.05) is 10.8 Å². The fraction of sp³-hybridized carbons (Fsp3) is 0.462. The van der Waals surface area contributed by atoms with Gasteiger partial charge in [-0.2, -0.15) is 5.10 Å². The minimum Gasteiger partial charge on any atom is -0.373 e. The first-order valence-electron chi connectivity index (χ1n) is 6.24. The number of nitrogens with one attached hydrogen (secondary N) is 2. The average Bonchev–Trinajstić information content (AvgIpc) is 2.84. The maximum Gasteiger partial charge on any atom is 0.285 e. The van der Waals surface area contributed by atoms with Gasteiger partial charge in [0.25, 0.3) is 5.56 Å². The van der Waals surface area contributed by atoms with Crippen LogP contribution in [0.25, 0.3) is 0 Å². The van der Waals surface area contributed by atoms with E-state index in [4.69, 9.17) is 11.6 Å². The van der Waals surface area contributed by atoms with Crippen LogP contribution in [0.15, 0.2) is 16.4 Å². The van der Waals surface area contributed by atoms with Gasteiger partial charge in [0.2, 0.25) is 0 Å². The molecule has 5 nitrogen and oxygen atoms in total. The molecule has 0 aliphatic rings. The predicted octanol–water partition coefficient (Wildman–Crippen LogP) is 3.35. The Bertz CT molecular complexity index is 659. The minimum absolute atomic E-state index is 0.0254. The second-order valence-electron chi connectivity index (χ2n) is 5.61. The van der Waals surface area contributed by atoms with E-state index in [2.05, 4.69) is 46.6 Å². The van der Waals surface area contributed by atoms with Crippen molar-refractivity contribution in [1.82, 2.24) is 15.2 Å². The second kappa shape index (κ2) is 5.54. The number of rotatable bonds is 3. The van der Waals surface area contributed by atoms with Crippen molar-refractivity contribution in [2.75, 3.05) is 5.32 Å². The van der Waals surface area contributed by atoms with Crippen LogP contribution in [0.3, 0.4) is 0 Å². The molecular formula is C13H17ClN4OS.